The van der Waals surface area contributed by atoms with Gasteiger partial charge in [-0.05, 0) is 52.2 Å². The minimum Gasteiger partial charge on any atom is -0.444 e. The molecule has 0 aliphatic carbocycles. The van der Waals surface area contributed by atoms with Gasteiger partial charge in [0, 0.05) is 6.54 Å². The molecule has 0 bridgehead atoms. The molecule has 1 saturated heterocycles. The first-order valence-corrected chi connectivity index (χ1v) is 8.88. The number of piperidine rings is 1. The van der Waals surface area contributed by atoms with E-state index >= 15 is 0 Å². The Bertz CT molecular complexity index is 763. The third-order valence-corrected chi connectivity index (χ3v) is 4.34. The second-order valence-corrected chi connectivity index (χ2v) is 7.55. The van der Waals surface area contributed by atoms with E-state index in [4.69, 9.17) is 9.57 Å². The smallest absolute Gasteiger partial charge is 0.411 e. The lowest BCUT2D eigenvalue weighted by Gasteiger charge is -2.35. The van der Waals surface area contributed by atoms with Crippen molar-refractivity contribution in [1.82, 2.24) is 9.96 Å². The van der Waals surface area contributed by atoms with Crippen LogP contribution < -0.4 is 0 Å². The molecule has 8 nitrogen and oxygen atoms in total. The molecule has 144 valence electrons. The number of nitrogens with zero attached hydrogens (tertiary/aromatic N) is 2. The van der Waals surface area contributed by atoms with E-state index in [1.54, 1.807) is 32.9 Å². The van der Waals surface area contributed by atoms with Crippen LogP contribution in [0.1, 0.15) is 60.7 Å². The molecule has 0 N–H and O–H groups in total. The van der Waals surface area contributed by atoms with E-state index in [-0.39, 0.29) is 11.1 Å². The number of hydrogen-bond donors (Lipinski definition) is 0. The average molecular weight is 374 g/mol. The maximum atomic E-state index is 12.7. The summed E-state index contributed by atoms with van der Waals surface area (Å²) < 4.78 is 5.35. The predicted octanol–water partition coefficient (Wildman–Crippen LogP) is 2.53. The molecular weight excluding hydrogens is 352 g/mol. The first-order valence-electron chi connectivity index (χ1n) is 8.88. The molecule has 2 aliphatic rings. The number of fused-ring (bicyclic) bond motifs is 1. The second kappa shape index (κ2) is 7.02. The summed E-state index contributed by atoms with van der Waals surface area (Å²) in [7, 11) is 0. The summed E-state index contributed by atoms with van der Waals surface area (Å²) in [6.07, 6.45) is 1.21. The molecule has 27 heavy (non-hydrogen) atoms. The van der Waals surface area contributed by atoms with Crippen molar-refractivity contribution in [2.45, 2.75) is 51.7 Å². The van der Waals surface area contributed by atoms with Crippen LogP contribution in [0.5, 0.6) is 0 Å². The molecule has 2 aliphatic heterocycles. The Morgan fingerprint density at radius 2 is 1.63 bits per heavy atom. The van der Waals surface area contributed by atoms with Crippen LogP contribution in [0.4, 0.5) is 4.79 Å². The van der Waals surface area contributed by atoms with Gasteiger partial charge in [0.15, 0.2) is 0 Å². The van der Waals surface area contributed by atoms with Gasteiger partial charge in [-0.1, -0.05) is 17.2 Å². The normalized spacial score (nSPS) is 19.7. The van der Waals surface area contributed by atoms with Crippen LogP contribution in [0.3, 0.4) is 0 Å². The van der Waals surface area contributed by atoms with Crippen molar-refractivity contribution < 1.29 is 28.8 Å². The Kier molecular flexibility index (Phi) is 4.91. The predicted molar refractivity (Wildman–Crippen MR) is 93.6 cm³/mol. The van der Waals surface area contributed by atoms with Crippen LogP contribution in [0.2, 0.25) is 0 Å². The van der Waals surface area contributed by atoms with E-state index < -0.39 is 35.5 Å². The van der Waals surface area contributed by atoms with Crippen molar-refractivity contribution in [1.29, 1.82) is 0 Å². The zero-order valence-electron chi connectivity index (χ0n) is 15.6. The highest BCUT2D eigenvalue weighted by molar-refractivity contribution is 6.20. The minimum absolute atomic E-state index is 0.183. The maximum absolute atomic E-state index is 12.7. The number of rotatable bonds is 2. The van der Waals surface area contributed by atoms with Gasteiger partial charge < -0.3 is 9.57 Å². The number of hydroxylamine groups is 2. The average Bonchev–Trinajstić information content (AvgIpc) is 2.85. The number of hydrogen-bond acceptors (Lipinski definition) is 6. The molecule has 0 unspecified atom stereocenters. The van der Waals surface area contributed by atoms with Crippen molar-refractivity contribution in [2.75, 3.05) is 6.54 Å². The van der Waals surface area contributed by atoms with Crippen molar-refractivity contribution >= 4 is 23.9 Å². The van der Waals surface area contributed by atoms with Crippen LogP contribution in [0.25, 0.3) is 0 Å². The number of carbonyl (C=O) groups is 4. The lowest BCUT2D eigenvalue weighted by molar-refractivity contribution is -0.175. The summed E-state index contributed by atoms with van der Waals surface area (Å²) >= 11 is 0. The Labute approximate surface area is 157 Å². The summed E-state index contributed by atoms with van der Waals surface area (Å²) in [5, 5.41) is 0.467. The summed E-state index contributed by atoms with van der Waals surface area (Å²) in [5.74, 6) is -2.21. The molecule has 0 saturated carbocycles. The highest BCUT2D eigenvalue weighted by Crippen LogP contribution is 2.25. The largest absolute Gasteiger partial charge is 0.444 e. The molecule has 1 aromatic carbocycles. The number of imide groups is 1. The van der Waals surface area contributed by atoms with Gasteiger partial charge in [-0.25, -0.2) is 9.59 Å². The van der Waals surface area contributed by atoms with Crippen LogP contribution in [-0.4, -0.2) is 52.0 Å². The van der Waals surface area contributed by atoms with Crippen molar-refractivity contribution in [3.8, 4) is 0 Å². The minimum atomic E-state index is -0.905. The molecular formula is C19H22N2O6. The SMILES string of the molecule is CC(C)(C)OC(=O)N1CCCC[C@@H]1C(=O)ON1C(=O)c2ccccc2C1=O. The Hall–Kier alpha value is -2.90. The molecule has 8 heteroatoms. The van der Waals surface area contributed by atoms with E-state index in [0.717, 1.165) is 12.8 Å². The number of amides is 3. The third kappa shape index (κ3) is 3.79. The van der Waals surface area contributed by atoms with Gasteiger partial charge in [0.1, 0.15) is 11.6 Å². The molecule has 2 heterocycles. The Morgan fingerprint density at radius 1 is 1.04 bits per heavy atom. The van der Waals surface area contributed by atoms with Crippen molar-refractivity contribution in [3.63, 3.8) is 0 Å². The van der Waals surface area contributed by atoms with Crippen LogP contribution >= 0.6 is 0 Å². The van der Waals surface area contributed by atoms with Gasteiger partial charge in [-0.15, -0.1) is 0 Å². The lowest BCUT2D eigenvalue weighted by Crippen LogP contribution is -2.51. The second-order valence-electron chi connectivity index (χ2n) is 7.55. The molecule has 0 aromatic heterocycles. The molecule has 0 spiro atoms. The molecule has 0 radical (unpaired) electrons. The van der Waals surface area contributed by atoms with Gasteiger partial charge in [0.05, 0.1) is 11.1 Å². The topological polar surface area (TPSA) is 93.2 Å². The van der Waals surface area contributed by atoms with Gasteiger partial charge >= 0.3 is 12.1 Å². The zero-order chi connectivity index (χ0) is 19.8. The van der Waals surface area contributed by atoms with E-state index in [2.05, 4.69) is 0 Å². The quantitative estimate of drug-likeness (QED) is 0.739. The Morgan fingerprint density at radius 3 is 2.19 bits per heavy atom. The van der Waals surface area contributed by atoms with Crippen LogP contribution in [0.15, 0.2) is 24.3 Å². The van der Waals surface area contributed by atoms with E-state index in [0.29, 0.717) is 18.0 Å². The summed E-state index contributed by atoms with van der Waals surface area (Å²) in [6, 6.07) is 5.34. The highest BCUT2D eigenvalue weighted by Gasteiger charge is 2.42. The third-order valence-electron chi connectivity index (χ3n) is 4.34. The Balaban J connectivity index is 1.74. The van der Waals surface area contributed by atoms with Crippen molar-refractivity contribution in [2.24, 2.45) is 0 Å². The standard InChI is InChI=1S/C19H22N2O6/c1-19(2,3)26-18(25)20-11-7-6-10-14(20)17(24)27-21-15(22)12-8-4-5-9-13(12)16(21)23/h4-5,8-9,14H,6-7,10-11H2,1-3H3/t14-/m1/s1. The molecule has 1 fully saturated rings. The van der Waals surface area contributed by atoms with Crippen LogP contribution in [-0.2, 0) is 14.4 Å². The maximum Gasteiger partial charge on any atom is 0.411 e. The van der Waals surface area contributed by atoms with Gasteiger partial charge in [-0.2, -0.15) is 0 Å². The highest BCUT2D eigenvalue weighted by atomic mass is 16.7. The lowest BCUT2D eigenvalue weighted by atomic mass is 10.0. The summed E-state index contributed by atoms with van der Waals surface area (Å²) in [5.41, 5.74) is -0.336. The molecule has 3 rings (SSSR count). The molecule has 1 atom stereocenters. The fourth-order valence-electron chi connectivity index (χ4n) is 3.12. The van der Waals surface area contributed by atoms with Crippen molar-refractivity contribution in [3.05, 3.63) is 35.4 Å². The number of carbonyl (C=O) groups excluding carboxylic acids is 4. The van der Waals surface area contributed by atoms with Gasteiger partial charge in [-0.3, -0.25) is 14.5 Å². The fourth-order valence-corrected chi connectivity index (χ4v) is 3.12. The molecule has 3 amide bonds. The van der Waals surface area contributed by atoms with Gasteiger partial charge in [0.2, 0.25) is 0 Å². The fraction of sp³-hybridized carbons (Fsp3) is 0.474. The first-order chi connectivity index (χ1) is 12.7. The first kappa shape index (κ1) is 18.9. The zero-order valence-corrected chi connectivity index (χ0v) is 15.6. The van der Waals surface area contributed by atoms with E-state index in [1.165, 1.54) is 17.0 Å². The van der Waals surface area contributed by atoms with Crippen LogP contribution in [0, 0.1) is 0 Å². The summed E-state index contributed by atoms with van der Waals surface area (Å²) in [4.78, 5) is 56.2. The van der Waals surface area contributed by atoms with E-state index in [1.807, 2.05) is 0 Å². The number of ether oxygens (including phenoxy) is 1. The monoisotopic (exact) mass is 374 g/mol. The van der Waals surface area contributed by atoms with E-state index in [9.17, 15) is 19.2 Å². The summed E-state index contributed by atoms with van der Waals surface area (Å²) in [6.45, 7) is 5.56. The molecule has 1 aromatic rings. The number of likely N-dealkylation sites (tertiary alicyclic amines) is 1. The van der Waals surface area contributed by atoms with Gasteiger partial charge in [0.25, 0.3) is 11.8 Å². The number of benzene rings is 1.